The van der Waals surface area contributed by atoms with Gasteiger partial charge in [-0.2, -0.15) is 13.2 Å². The first kappa shape index (κ1) is 21.2. The predicted molar refractivity (Wildman–Crippen MR) is 108 cm³/mol. The minimum atomic E-state index is -4.48. The van der Waals surface area contributed by atoms with Gasteiger partial charge in [0.25, 0.3) is 0 Å². The molecule has 1 atom stereocenters. The number of hydrogen-bond donors (Lipinski definition) is 2. The van der Waals surface area contributed by atoms with E-state index in [1.54, 1.807) is 0 Å². The molecule has 0 fully saturated rings. The van der Waals surface area contributed by atoms with Gasteiger partial charge in [0.1, 0.15) is 0 Å². The SMILES string of the molecule is CCc1cccc(NC(=O)CC2Sc3ccc(C(F)(F)F)cc3NC2=O)c1CC. The third-order valence-corrected chi connectivity index (χ3v) is 6.05. The van der Waals surface area contributed by atoms with Crippen molar-refractivity contribution in [1.29, 1.82) is 0 Å². The number of nitrogens with one attached hydrogen (secondary N) is 2. The van der Waals surface area contributed by atoms with Crippen LogP contribution in [0, 0.1) is 0 Å². The van der Waals surface area contributed by atoms with Crippen LogP contribution in [0.3, 0.4) is 0 Å². The Kier molecular flexibility index (Phi) is 6.21. The number of rotatable bonds is 5. The zero-order valence-electron chi connectivity index (χ0n) is 16.0. The van der Waals surface area contributed by atoms with Gasteiger partial charge in [0.05, 0.1) is 16.5 Å². The molecule has 4 nitrogen and oxygen atoms in total. The molecule has 2 N–H and O–H groups in total. The molecule has 2 aromatic rings. The second kappa shape index (κ2) is 8.49. The van der Waals surface area contributed by atoms with Crippen molar-refractivity contribution in [3.05, 3.63) is 53.1 Å². The van der Waals surface area contributed by atoms with E-state index < -0.39 is 22.9 Å². The number of fused-ring (bicyclic) bond motifs is 1. The summed E-state index contributed by atoms with van der Waals surface area (Å²) in [5, 5.41) is 4.66. The smallest absolute Gasteiger partial charge is 0.326 e. The molecule has 1 unspecified atom stereocenters. The van der Waals surface area contributed by atoms with Gasteiger partial charge < -0.3 is 10.6 Å². The highest BCUT2D eigenvalue weighted by atomic mass is 32.2. The fraction of sp³-hybridized carbons (Fsp3) is 0.333. The first-order valence-electron chi connectivity index (χ1n) is 9.32. The first-order chi connectivity index (χ1) is 13.7. The van der Waals surface area contributed by atoms with Crippen molar-refractivity contribution < 1.29 is 22.8 Å². The highest BCUT2D eigenvalue weighted by Crippen LogP contribution is 2.40. The summed E-state index contributed by atoms with van der Waals surface area (Å²) in [6.45, 7) is 4.06. The Morgan fingerprint density at radius 1 is 1.17 bits per heavy atom. The molecule has 0 radical (unpaired) electrons. The summed E-state index contributed by atoms with van der Waals surface area (Å²) >= 11 is 1.10. The molecule has 0 aromatic heterocycles. The molecule has 0 saturated heterocycles. The summed E-state index contributed by atoms with van der Waals surface area (Å²) < 4.78 is 38.6. The lowest BCUT2D eigenvalue weighted by Crippen LogP contribution is -2.32. The molecule has 8 heteroatoms. The van der Waals surface area contributed by atoms with Crippen LogP contribution in [0.1, 0.15) is 37.0 Å². The van der Waals surface area contributed by atoms with E-state index in [0.717, 1.165) is 53.6 Å². The van der Waals surface area contributed by atoms with Crippen LogP contribution in [0.2, 0.25) is 0 Å². The Bertz CT molecular complexity index is 944. The monoisotopic (exact) mass is 422 g/mol. The number of alkyl halides is 3. The molecular weight excluding hydrogens is 401 g/mol. The maximum Gasteiger partial charge on any atom is 0.416 e. The van der Waals surface area contributed by atoms with Gasteiger partial charge in [-0.1, -0.05) is 26.0 Å². The summed E-state index contributed by atoms with van der Waals surface area (Å²) in [5.74, 6) is -0.786. The van der Waals surface area contributed by atoms with Crippen LogP contribution in [0.15, 0.2) is 41.3 Å². The van der Waals surface area contributed by atoms with Crippen molar-refractivity contribution in [1.82, 2.24) is 0 Å². The lowest BCUT2D eigenvalue weighted by Gasteiger charge is -2.24. The number of anilines is 2. The molecule has 1 heterocycles. The Hall–Kier alpha value is -2.48. The van der Waals surface area contributed by atoms with E-state index in [-0.39, 0.29) is 18.0 Å². The number of carbonyl (C=O) groups is 2. The van der Waals surface area contributed by atoms with Crippen molar-refractivity contribution in [2.45, 2.75) is 49.4 Å². The lowest BCUT2D eigenvalue weighted by molar-refractivity contribution is -0.137. The average molecular weight is 422 g/mol. The third-order valence-electron chi connectivity index (χ3n) is 4.78. The van der Waals surface area contributed by atoms with Gasteiger partial charge in [-0.15, -0.1) is 11.8 Å². The minimum Gasteiger partial charge on any atom is -0.326 e. The molecule has 1 aliphatic rings. The zero-order chi connectivity index (χ0) is 21.2. The van der Waals surface area contributed by atoms with Crippen LogP contribution in [0.5, 0.6) is 0 Å². The van der Waals surface area contributed by atoms with Gasteiger partial charge in [-0.05, 0) is 48.2 Å². The van der Waals surface area contributed by atoms with E-state index in [1.165, 1.54) is 6.07 Å². The Morgan fingerprint density at radius 2 is 1.93 bits per heavy atom. The van der Waals surface area contributed by atoms with Gasteiger partial charge in [0.2, 0.25) is 11.8 Å². The normalized spacial score (nSPS) is 16.2. The van der Waals surface area contributed by atoms with Crippen LogP contribution in [-0.4, -0.2) is 17.1 Å². The van der Waals surface area contributed by atoms with E-state index in [1.807, 2.05) is 32.0 Å². The molecule has 3 rings (SSSR count). The number of benzene rings is 2. The van der Waals surface area contributed by atoms with Crippen molar-refractivity contribution >= 4 is 35.0 Å². The number of thioether (sulfide) groups is 1. The fourth-order valence-corrected chi connectivity index (χ4v) is 4.42. The minimum absolute atomic E-state index is 0.0729. The van der Waals surface area contributed by atoms with Gasteiger partial charge in [-0.3, -0.25) is 9.59 Å². The topological polar surface area (TPSA) is 58.2 Å². The number of hydrogen-bond acceptors (Lipinski definition) is 3. The maximum atomic E-state index is 12.9. The van der Waals surface area contributed by atoms with E-state index in [4.69, 9.17) is 0 Å². The van der Waals surface area contributed by atoms with Crippen LogP contribution >= 0.6 is 11.8 Å². The van der Waals surface area contributed by atoms with E-state index in [0.29, 0.717) is 4.90 Å². The zero-order valence-corrected chi connectivity index (χ0v) is 16.8. The standard InChI is InChI=1S/C21H21F3N2O2S/c1-3-12-6-5-7-15(14(12)4-2)25-19(27)11-18-20(28)26-16-10-13(21(22,23)24)8-9-17(16)29-18/h5-10,18H,3-4,11H2,1-2H3,(H,25,27)(H,26,28). The molecule has 29 heavy (non-hydrogen) atoms. The van der Waals surface area contributed by atoms with Crippen molar-refractivity contribution in [2.75, 3.05) is 10.6 Å². The molecule has 2 aromatic carbocycles. The summed E-state index contributed by atoms with van der Waals surface area (Å²) in [4.78, 5) is 25.4. The van der Waals surface area contributed by atoms with Crippen LogP contribution < -0.4 is 10.6 Å². The number of amides is 2. The van der Waals surface area contributed by atoms with Crippen molar-refractivity contribution in [3.63, 3.8) is 0 Å². The average Bonchev–Trinajstić information content (AvgIpc) is 2.67. The summed E-state index contributed by atoms with van der Waals surface area (Å²) in [6.07, 6.45) is -2.93. The molecule has 0 aliphatic carbocycles. The Labute approximate surface area is 171 Å². The van der Waals surface area contributed by atoms with Gasteiger partial charge in [-0.25, -0.2) is 0 Å². The Balaban J connectivity index is 1.72. The van der Waals surface area contributed by atoms with Crippen LogP contribution in [0.25, 0.3) is 0 Å². The van der Waals surface area contributed by atoms with Crippen molar-refractivity contribution in [2.24, 2.45) is 0 Å². The highest BCUT2D eigenvalue weighted by molar-refractivity contribution is 8.01. The Morgan fingerprint density at radius 3 is 2.59 bits per heavy atom. The molecule has 1 aliphatic heterocycles. The predicted octanol–water partition coefficient (Wildman–Crippen LogP) is 5.27. The van der Waals surface area contributed by atoms with Crippen LogP contribution in [-0.2, 0) is 28.6 Å². The quantitative estimate of drug-likeness (QED) is 0.690. The second-order valence-corrected chi connectivity index (χ2v) is 7.95. The van der Waals surface area contributed by atoms with Gasteiger partial charge in [0.15, 0.2) is 0 Å². The first-order valence-corrected chi connectivity index (χ1v) is 10.2. The maximum absolute atomic E-state index is 12.9. The summed E-state index contributed by atoms with van der Waals surface area (Å²) in [5.41, 5.74) is 2.25. The molecule has 0 spiro atoms. The third kappa shape index (κ3) is 4.75. The molecular formula is C21H21F3N2O2S. The molecule has 0 bridgehead atoms. The number of carbonyl (C=O) groups excluding carboxylic acids is 2. The van der Waals surface area contributed by atoms with E-state index in [2.05, 4.69) is 10.6 Å². The van der Waals surface area contributed by atoms with E-state index >= 15 is 0 Å². The second-order valence-electron chi connectivity index (χ2n) is 6.71. The molecule has 0 saturated carbocycles. The molecule has 154 valence electrons. The lowest BCUT2D eigenvalue weighted by atomic mass is 10.0. The fourth-order valence-electron chi connectivity index (χ4n) is 3.33. The largest absolute Gasteiger partial charge is 0.416 e. The van der Waals surface area contributed by atoms with Gasteiger partial charge >= 0.3 is 6.18 Å². The van der Waals surface area contributed by atoms with E-state index in [9.17, 15) is 22.8 Å². The summed E-state index contributed by atoms with van der Waals surface area (Å²) in [7, 11) is 0. The number of halogens is 3. The number of aryl methyl sites for hydroxylation is 1. The molecule has 2 amide bonds. The van der Waals surface area contributed by atoms with Gasteiger partial charge in [0, 0.05) is 17.0 Å². The van der Waals surface area contributed by atoms with Crippen LogP contribution in [0.4, 0.5) is 24.5 Å². The summed E-state index contributed by atoms with van der Waals surface area (Å²) in [6, 6.07) is 8.95. The van der Waals surface area contributed by atoms with Crippen molar-refractivity contribution in [3.8, 4) is 0 Å². The highest BCUT2D eigenvalue weighted by Gasteiger charge is 2.34.